The molecule has 3 heterocycles. The van der Waals surface area contributed by atoms with E-state index in [1.54, 1.807) is 4.90 Å². The molecule has 0 radical (unpaired) electrons. The predicted molar refractivity (Wildman–Crippen MR) is 107 cm³/mol. The predicted octanol–water partition coefficient (Wildman–Crippen LogP) is 1.94. The summed E-state index contributed by atoms with van der Waals surface area (Å²) in [6, 6.07) is 1.02. The number of halogens is 3. The molecule has 33 heavy (non-hydrogen) atoms. The van der Waals surface area contributed by atoms with Gasteiger partial charge in [0.2, 0.25) is 5.43 Å². The summed E-state index contributed by atoms with van der Waals surface area (Å²) in [5.41, 5.74) is -1.71. The first kappa shape index (κ1) is 21.5. The van der Waals surface area contributed by atoms with Gasteiger partial charge in [-0.3, -0.25) is 14.4 Å². The largest absolute Gasteiger partial charge is 0.491 e. The van der Waals surface area contributed by atoms with E-state index in [1.165, 1.54) is 17.9 Å². The Hall–Kier alpha value is -3.34. The van der Waals surface area contributed by atoms with E-state index in [9.17, 15) is 27.6 Å². The van der Waals surface area contributed by atoms with E-state index in [0.717, 1.165) is 19.3 Å². The van der Waals surface area contributed by atoms with Crippen LogP contribution in [0, 0.1) is 17.5 Å². The van der Waals surface area contributed by atoms with Crippen LogP contribution in [0.25, 0.3) is 0 Å². The Balaban J connectivity index is 1.47. The normalized spacial score (nSPS) is 23.2. The lowest BCUT2D eigenvalue weighted by molar-refractivity contribution is -0.132. The van der Waals surface area contributed by atoms with E-state index in [4.69, 9.17) is 9.47 Å². The maximum Gasteiger partial charge on any atom is 0.276 e. The van der Waals surface area contributed by atoms with Gasteiger partial charge in [0.25, 0.3) is 11.8 Å². The molecule has 1 saturated carbocycles. The lowest BCUT2D eigenvalue weighted by Gasteiger charge is -2.44. The molecule has 2 aromatic rings. The standard InChI is InChI=1S/C22H20F3N3O5/c1-32-20-18-22(31)28-11-2-3-12(6-11)33-17(28)9-27(18)8-14(19(20)29)21(30)26-7-13-15(24)4-10(23)5-16(13)25/h4-5,8,11-12,17H,2-3,6-7,9H2,1H3,(H,26,30)/t11-,12?,17-/m1/s1. The van der Waals surface area contributed by atoms with E-state index in [1.807, 2.05) is 0 Å². The highest BCUT2D eigenvalue weighted by molar-refractivity contribution is 5.99. The molecule has 1 N–H and O–H groups in total. The summed E-state index contributed by atoms with van der Waals surface area (Å²) in [6.45, 7) is -0.408. The molecule has 5 rings (SSSR count). The lowest BCUT2D eigenvalue weighted by atomic mass is 10.1. The van der Waals surface area contributed by atoms with Crippen molar-refractivity contribution in [3.8, 4) is 5.75 Å². The molecule has 2 fully saturated rings. The molecule has 1 aromatic heterocycles. The summed E-state index contributed by atoms with van der Waals surface area (Å²) >= 11 is 0. The third-order valence-electron chi connectivity index (χ3n) is 6.42. The van der Waals surface area contributed by atoms with E-state index in [-0.39, 0.29) is 35.7 Å². The molecule has 1 unspecified atom stereocenters. The summed E-state index contributed by atoms with van der Waals surface area (Å²) in [7, 11) is 1.22. The number of ether oxygens (including phenoxy) is 2. The second kappa shape index (κ2) is 7.91. The van der Waals surface area contributed by atoms with Crippen LogP contribution < -0.4 is 15.5 Å². The summed E-state index contributed by atoms with van der Waals surface area (Å²) in [6.07, 6.45) is 3.17. The molecule has 0 spiro atoms. The minimum atomic E-state index is -1.16. The van der Waals surface area contributed by atoms with E-state index < -0.39 is 53.0 Å². The van der Waals surface area contributed by atoms with Gasteiger partial charge in [0.1, 0.15) is 23.0 Å². The van der Waals surface area contributed by atoms with Crippen LogP contribution in [-0.2, 0) is 17.8 Å². The number of rotatable bonds is 4. The maximum atomic E-state index is 13.9. The first-order valence-electron chi connectivity index (χ1n) is 10.5. The Kier molecular flexibility index (Phi) is 5.15. The molecule has 8 nitrogen and oxygen atoms in total. The molecule has 3 atom stereocenters. The number of nitrogens with zero attached hydrogens (tertiary/aromatic N) is 2. The van der Waals surface area contributed by atoms with Gasteiger partial charge < -0.3 is 24.3 Å². The summed E-state index contributed by atoms with van der Waals surface area (Å²) < 4.78 is 53.5. The number of benzene rings is 1. The van der Waals surface area contributed by atoms with Crippen molar-refractivity contribution in [3.63, 3.8) is 0 Å². The topological polar surface area (TPSA) is 89.9 Å². The fourth-order valence-corrected chi connectivity index (χ4v) is 4.89. The van der Waals surface area contributed by atoms with Crippen LogP contribution in [0.5, 0.6) is 5.75 Å². The number of fused-ring (bicyclic) bond motifs is 5. The number of carbonyl (C=O) groups excluding carboxylic acids is 2. The highest BCUT2D eigenvalue weighted by Crippen LogP contribution is 2.38. The Labute approximate surface area is 185 Å². The van der Waals surface area contributed by atoms with Crippen molar-refractivity contribution in [3.05, 3.63) is 62.8 Å². The zero-order valence-corrected chi connectivity index (χ0v) is 17.6. The van der Waals surface area contributed by atoms with Crippen molar-refractivity contribution >= 4 is 11.8 Å². The van der Waals surface area contributed by atoms with Gasteiger partial charge in [-0.25, -0.2) is 13.2 Å². The number of pyridine rings is 1. The van der Waals surface area contributed by atoms with Crippen molar-refractivity contribution in [2.24, 2.45) is 0 Å². The number of nitrogens with one attached hydrogen (secondary N) is 1. The van der Waals surface area contributed by atoms with Crippen LogP contribution in [0.4, 0.5) is 13.2 Å². The second-order valence-corrected chi connectivity index (χ2v) is 8.33. The summed E-state index contributed by atoms with van der Waals surface area (Å²) in [4.78, 5) is 40.6. The average Bonchev–Trinajstić information content (AvgIpc) is 3.13. The number of methoxy groups -OCH3 is 1. The molecular weight excluding hydrogens is 443 g/mol. The number of hydrogen-bond acceptors (Lipinski definition) is 5. The SMILES string of the molecule is COc1c2n(cc(C(=O)NCc3c(F)cc(F)cc3F)c1=O)C[C@H]1OC3CC[C@H](C3)N1C2=O. The Morgan fingerprint density at radius 2 is 1.94 bits per heavy atom. The van der Waals surface area contributed by atoms with Crippen molar-refractivity contribution < 1.29 is 32.2 Å². The zero-order valence-electron chi connectivity index (χ0n) is 17.6. The molecule has 1 aliphatic carbocycles. The molecule has 2 aliphatic heterocycles. The van der Waals surface area contributed by atoms with E-state index in [2.05, 4.69) is 5.32 Å². The van der Waals surface area contributed by atoms with Gasteiger partial charge in [-0.05, 0) is 19.3 Å². The highest BCUT2D eigenvalue weighted by atomic mass is 19.1. The number of hydrogen-bond donors (Lipinski definition) is 1. The molecule has 11 heteroatoms. The van der Waals surface area contributed by atoms with Crippen molar-refractivity contribution in [1.29, 1.82) is 0 Å². The third-order valence-corrected chi connectivity index (χ3v) is 6.42. The van der Waals surface area contributed by atoms with Crippen molar-refractivity contribution in [2.45, 2.75) is 50.7 Å². The molecule has 1 aromatic carbocycles. The van der Waals surface area contributed by atoms with Crippen LogP contribution in [0.15, 0.2) is 23.1 Å². The second-order valence-electron chi connectivity index (χ2n) is 8.33. The van der Waals surface area contributed by atoms with Crippen molar-refractivity contribution in [2.75, 3.05) is 7.11 Å². The van der Waals surface area contributed by atoms with Gasteiger partial charge >= 0.3 is 0 Å². The minimum Gasteiger partial charge on any atom is -0.491 e. The van der Waals surface area contributed by atoms with Gasteiger partial charge in [-0.15, -0.1) is 0 Å². The number of amides is 2. The van der Waals surface area contributed by atoms with Gasteiger partial charge in [0.15, 0.2) is 17.7 Å². The van der Waals surface area contributed by atoms with Crippen LogP contribution >= 0.6 is 0 Å². The first-order chi connectivity index (χ1) is 15.8. The molecule has 2 bridgehead atoms. The fourth-order valence-electron chi connectivity index (χ4n) is 4.89. The van der Waals surface area contributed by atoms with Gasteiger partial charge in [0, 0.05) is 36.5 Å². The van der Waals surface area contributed by atoms with E-state index >= 15 is 0 Å². The number of carbonyl (C=O) groups is 2. The van der Waals surface area contributed by atoms with Gasteiger partial charge in [-0.2, -0.15) is 0 Å². The fraction of sp³-hybridized carbons (Fsp3) is 0.409. The van der Waals surface area contributed by atoms with E-state index in [0.29, 0.717) is 12.1 Å². The maximum absolute atomic E-state index is 13.9. The van der Waals surface area contributed by atoms with Crippen LogP contribution in [0.3, 0.4) is 0 Å². The highest BCUT2D eigenvalue weighted by Gasteiger charge is 2.47. The Morgan fingerprint density at radius 1 is 1.21 bits per heavy atom. The molecule has 3 aliphatic rings. The molecule has 1 saturated heterocycles. The Morgan fingerprint density at radius 3 is 2.64 bits per heavy atom. The quantitative estimate of drug-likeness (QED) is 0.749. The van der Waals surface area contributed by atoms with Crippen LogP contribution in [0.1, 0.15) is 45.7 Å². The molecule has 2 amide bonds. The summed E-state index contributed by atoms with van der Waals surface area (Å²) in [5.74, 6) is -5.03. The van der Waals surface area contributed by atoms with Crippen molar-refractivity contribution in [1.82, 2.24) is 14.8 Å². The smallest absolute Gasteiger partial charge is 0.276 e. The lowest BCUT2D eigenvalue weighted by Crippen LogP contribution is -2.57. The van der Waals surface area contributed by atoms with Gasteiger partial charge in [-0.1, -0.05) is 0 Å². The van der Waals surface area contributed by atoms with Crippen LogP contribution in [-0.4, -0.2) is 46.8 Å². The third kappa shape index (κ3) is 3.47. The Bertz CT molecular complexity index is 1210. The van der Waals surface area contributed by atoms with Gasteiger partial charge in [0.05, 0.1) is 19.8 Å². The monoisotopic (exact) mass is 463 g/mol. The molecule has 174 valence electrons. The molecular formula is C22H20F3N3O5. The first-order valence-corrected chi connectivity index (χ1v) is 10.5. The number of aromatic nitrogens is 1. The minimum absolute atomic E-state index is 0.0262. The van der Waals surface area contributed by atoms with Crippen LogP contribution in [0.2, 0.25) is 0 Å². The zero-order chi connectivity index (χ0) is 23.4. The average molecular weight is 463 g/mol. The summed E-state index contributed by atoms with van der Waals surface area (Å²) in [5, 5.41) is 2.27.